The Labute approximate surface area is 270 Å². The second-order valence-electron chi connectivity index (χ2n) is 10.6. The number of rotatable bonds is 9. The zero-order valence-corrected chi connectivity index (χ0v) is 25.7. The van der Waals surface area contributed by atoms with Crippen LogP contribution in [0.1, 0.15) is 27.0 Å². The fraction of sp³-hybridized carbons (Fsp3) is 0.212. The Balaban J connectivity index is 1.31. The molecule has 1 N–H and O–H groups in total. The lowest BCUT2D eigenvalue weighted by atomic mass is 10.0. The van der Waals surface area contributed by atoms with Crippen LogP contribution in [0.3, 0.4) is 0 Å². The SMILES string of the molecule is COC(=O)c1ccc(OCCNC(=O)[C@@H]2Cc3ccccc3N2S(=O)(=O)c2ccc(-c3cccc(C(F)(F)F)c3)cc2)cc1C(F)(F)F. The average molecular weight is 693 g/mol. The maximum absolute atomic E-state index is 13.9. The van der Waals surface area contributed by atoms with Crippen LogP contribution in [-0.2, 0) is 38.3 Å². The molecule has 1 atom stereocenters. The summed E-state index contributed by atoms with van der Waals surface area (Å²) in [4.78, 5) is 24.9. The number of amides is 1. The van der Waals surface area contributed by atoms with E-state index in [1.807, 2.05) is 0 Å². The third-order valence-electron chi connectivity index (χ3n) is 7.53. The standard InChI is InChI=1S/C33H26F6N2O6S/c1-46-31(43)26-14-11-24(19-27(26)33(37,38)39)47-16-15-40-30(42)29-18-22-5-2-3-8-28(22)41(29)48(44,45)25-12-9-20(10-13-25)21-6-4-7-23(17-21)32(34,35)36/h2-14,17,19,29H,15-16,18H2,1H3,(H,40,42)/t29-/m0/s1. The number of hydrogen-bond acceptors (Lipinski definition) is 6. The number of methoxy groups -OCH3 is 1. The van der Waals surface area contributed by atoms with Crippen molar-refractivity contribution in [2.24, 2.45) is 0 Å². The second kappa shape index (κ2) is 13.2. The molecule has 0 spiro atoms. The van der Waals surface area contributed by atoms with Gasteiger partial charge >= 0.3 is 18.3 Å². The highest BCUT2D eigenvalue weighted by Crippen LogP contribution is 2.38. The molecule has 1 heterocycles. The van der Waals surface area contributed by atoms with E-state index < -0.39 is 57.0 Å². The van der Waals surface area contributed by atoms with Gasteiger partial charge in [0.2, 0.25) is 5.91 Å². The summed E-state index contributed by atoms with van der Waals surface area (Å²) in [7, 11) is -3.42. The molecule has 0 saturated carbocycles. The van der Waals surface area contributed by atoms with E-state index in [2.05, 4.69) is 10.1 Å². The van der Waals surface area contributed by atoms with Crippen molar-refractivity contribution >= 4 is 27.6 Å². The van der Waals surface area contributed by atoms with Crippen molar-refractivity contribution in [1.82, 2.24) is 5.32 Å². The van der Waals surface area contributed by atoms with Crippen LogP contribution in [0.15, 0.2) is 95.9 Å². The van der Waals surface area contributed by atoms with Crippen LogP contribution in [0.25, 0.3) is 11.1 Å². The molecule has 252 valence electrons. The van der Waals surface area contributed by atoms with Crippen molar-refractivity contribution in [2.75, 3.05) is 24.6 Å². The predicted molar refractivity (Wildman–Crippen MR) is 162 cm³/mol. The van der Waals surface area contributed by atoms with Gasteiger partial charge in [-0.15, -0.1) is 0 Å². The first-order chi connectivity index (χ1) is 22.6. The summed E-state index contributed by atoms with van der Waals surface area (Å²) in [5.74, 6) is -2.10. The van der Waals surface area contributed by atoms with Crippen LogP contribution >= 0.6 is 0 Å². The van der Waals surface area contributed by atoms with Crippen molar-refractivity contribution < 1.29 is 53.8 Å². The third-order valence-corrected chi connectivity index (χ3v) is 9.37. The Morgan fingerprint density at radius 2 is 1.56 bits per heavy atom. The molecule has 0 unspecified atom stereocenters. The summed E-state index contributed by atoms with van der Waals surface area (Å²) in [5, 5.41) is 2.56. The number of carbonyl (C=O) groups excluding carboxylic acids is 2. The van der Waals surface area contributed by atoms with Crippen LogP contribution in [0.5, 0.6) is 5.75 Å². The second-order valence-corrected chi connectivity index (χ2v) is 12.4. The molecule has 48 heavy (non-hydrogen) atoms. The number of esters is 1. The maximum atomic E-state index is 13.9. The third kappa shape index (κ3) is 7.10. The van der Waals surface area contributed by atoms with E-state index in [-0.39, 0.29) is 41.5 Å². The molecule has 1 amide bonds. The van der Waals surface area contributed by atoms with Crippen LogP contribution in [-0.4, -0.2) is 46.6 Å². The number of hydrogen-bond donors (Lipinski definition) is 1. The van der Waals surface area contributed by atoms with Crippen LogP contribution in [0, 0.1) is 0 Å². The summed E-state index contributed by atoms with van der Waals surface area (Å²) in [6, 6.07) is 17.8. The highest BCUT2D eigenvalue weighted by molar-refractivity contribution is 7.93. The predicted octanol–water partition coefficient (Wildman–Crippen LogP) is 6.49. The topological polar surface area (TPSA) is 102 Å². The van der Waals surface area contributed by atoms with E-state index in [4.69, 9.17) is 4.74 Å². The van der Waals surface area contributed by atoms with Crippen molar-refractivity contribution in [3.05, 3.63) is 113 Å². The number of para-hydroxylation sites is 1. The minimum Gasteiger partial charge on any atom is -0.492 e. The van der Waals surface area contributed by atoms with Crippen molar-refractivity contribution in [3.8, 4) is 16.9 Å². The number of nitrogens with zero attached hydrogens (tertiary/aromatic N) is 1. The molecule has 4 aromatic carbocycles. The lowest BCUT2D eigenvalue weighted by Crippen LogP contribution is -2.48. The smallest absolute Gasteiger partial charge is 0.417 e. The summed E-state index contributed by atoms with van der Waals surface area (Å²) in [6.45, 7) is -0.491. The van der Waals surface area contributed by atoms with Crippen LogP contribution < -0.4 is 14.4 Å². The first kappa shape index (κ1) is 34.3. The van der Waals surface area contributed by atoms with Gasteiger partial charge in [0.15, 0.2) is 0 Å². The minimum absolute atomic E-state index is 0.0222. The zero-order chi connectivity index (χ0) is 34.9. The highest BCUT2D eigenvalue weighted by atomic mass is 32.2. The molecular weight excluding hydrogens is 666 g/mol. The molecular formula is C33H26F6N2O6S. The van der Waals surface area contributed by atoms with Gasteiger partial charge in [0.1, 0.15) is 18.4 Å². The number of nitrogens with one attached hydrogen (secondary N) is 1. The van der Waals surface area contributed by atoms with Gasteiger partial charge in [-0.05, 0) is 65.2 Å². The molecule has 1 aliphatic rings. The largest absolute Gasteiger partial charge is 0.492 e. The molecule has 0 aliphatic carbocycles. The Kier molecular flexibility index (Phi) is 9.44. The summed E-state index contributed by atoms with van der Waals surface area (Å²) in [5.41, 5.74) is -1.40. The first-order valence-corrected chi connectivity index (χ1v) is 15.7. The zero-order valence-electron chi connectivity index (χ0n) is 24.9. The number of anilines is 1. The average Bonchev–Trinajstić information content (AvgIpc) is 3.46. The molecule has 0 bridgehead atoms. The van der Waals surface area contributed by atoms with Crippen molar-refractivity contribution in [1.29, 1.82) is 0 Å². The molecule has 0 fully saturated rings. The minimum atomic E-state index is -4.87. The number of fused-ring (bicyclic) bond motifs is 1. The van der Waals surface area contributed by atoms with Gasteiger partial charge < -0.3 is 14.8 Å². The van der Waals surface area contributed by atoms with E-state index in [9.17, 15) is 44.3 Å². The van der Waals surface area contributed by atoms with Gasteiger partial charge in [-0.1, -0.05) is 42.5 Å². The fourth-order valence-electron chi connectivity index (χ4n) is 5.26. The number of halogens is 6. The first-order valence-electron chi connectivity index (χ1n) is 14.2. The van der Waals surface area contributed by atoms with E-state index in [0.29, 0.717) is 17.2 Å². The Morgan fingerprint density at radius 3 is 2.23 bits per heavy atom. The molecule has 1 aliphatic heterocycles. The number of ether oxygens (including phenoxy) is 2. The van der Waals surface area contributed by atoms with Gasteiger partial charge in [-0.2, -0.15) is 26.3 Å². The van der Waals surface area contributed by atoms with Gasteiger partial charge in [0.05, 0.1) is 40.9 Å². The van der Waals surface area contributed by atoms with Gasteiger partial charge in [0, 0.05) is 6.42 Å². The lowest BCUT2D eigenvalue weighted by molar-refractivity contribution is -0.138. The quantitative estimate of drug-likeness (QED) is 0.122. The van der Waals surface area contributed by atoms with E-state index in [1.54, 1.807) is 18.2 Å². The van der Waals surface area contributed by atoms with Gasteiger partial charge in [0.25, 0.3) is 10.0 Å². The monoisotopic (exact) mass is 692 g/mol. The molecule has 8 nitrogen and oxygen atoms in total. The van der Waals surface area contributed by atoms with Crippen molar-refractivity contribution in [3.63, 3.8) is 0 Å². The summed E-state index contributed by atoms with van der Waals surface area (Å²) < 4.78 is 119. The molecule has 4 aromatic rings. The molecule has 15 heteroatoms. The summed E-state index contributed by atoms with van der Waals surface area (Å²) >= 11 is 0. The number of alkyl halides is 6. The normalized spacial score (nSPS) is 14.7. The van der Waals surface area contributed by atoms with Crippen LogP contribution in [0.2, 0.25) is 0 Å². The van der Waals surface area contributed by atoms with Gasteiger partial charge in [-0.3, -0.25) is 9.10 Å². The van der Waals surface area contributed by atoms with Crippen molar-refractivity contribution in [2.45, 2.75) is 29.7 Å². The Bertz CT molecular complexity index is 1950. The van der Waals surface area contributed by atoms with Crippen LogP contribution in [0.4, 0.5) is 32.0 Å². The number of sulfonamides is 1. The number of benzene rings is 4. The number of carbonyl (C=O) groups is 2. The van der Waals surface area contributed by atoms with E-state index >= 15 is 0 Å². The molecule has 5 rings (SSSR count). The maximum Gasteiger partial charge on any atom is 0.417 e. The highest BCUT2D eigenvalue weighted by Gasteiger charge is 2.42. The summed E-state index contributed by atoms with van der Waals surface area (Å²) in [6.07, 6.45) is -9.41. The van der Waals surface area contributed by atoms with E-state index in [1.165, 1.54) is 42.5 Å². The van der Waals surface area contributed by atoms with Gasteiger partial charge in [-0.25, -0.2) is 13.2 Å². The van der Waals surface area contributed by atoms with E-state index in [0.717, 1.165) is 35.7 Å². The lowest BCUT2D eigenvalue weighted by Gasteiger charge is -2.26. The molecule has 0 aromatic heterocycles. The fourth-order valence-corrected chi connectivity index (χ4v) is 6.91. The molecule has 0 saturated heterocycles. The Hall–Kier alpha value is -5.05. The Morgan fingerprint density at radius 1 is 0.854 bits per heavy atom. The molecule has 0 radical (unpaired) electrons.